The van der Waals surface area contributed by atoms with Gasteiger partial charge < -0.3 is 19.4 Å². The van der Waals surface area contributed by atoms with Gasteiger partial charge in [-0.1, -0.05) is 12.1 Å². The van der Waals surface area contributed by atoms with Crippen molar-refractivity contribution in [1.29, 1.82) is 0 Å². The van der Waals surface area contributed by atoms with Crippen molar-refractivity contribution in [2.24, 2.45) is 7.05 Å². The first-order valence-electron chi connectivity index (χ1n) is 12.0. The summed E-state index contributed by atoms with van der Waals surface area (Å²) in [5.41, 5.74) is 3.38. The molecule has 3 aromatic carbocycles. The lowest BCUT2D eigenvalue weighted by Crippen LogP contribution is -2.35. The number of nitrogens with one attached hydrogen (secondary N) is 2. The number of imide groups is 1. The Hall–Kier alpha value is -4.31. The van der Waals surface area contributed by atoms with Crippen molar-refractivity contribution in [2.45, 2.75) is 31.6 Å². The number of benzene rings is 3. The Morgan fingerprint density at radius 2 is 1.71 bits per heavy atom. The van der Waals surface area contributed by atoms with Crippen LogP contribution in [-0.4, -0.2) is 31.4 Å². The number of rotatable bonds is 8. The Morgan fingerprint density at radius 3 is 2.37 bits per heavy atom. The van der Waals surface area contributed by atoms with Gasteiger partial charge in [0.2, 0.25) is 11.8 Å². The van der Waals surface area contributed by atoms with Crippen LogP contribution in [0.25, 0.3) is 11.0 Å². The van der Waals surface area contributed by atoms with Gasteiger partial charge in [-0.05, 0) is 79.2 Å². The maximum absolute atomic E-state index is 12.1. The van der Waals surface area contributed by atoms with E-state index < -0.39 is 4.75 Å². The lowest BCUT2D eigenvalue weighted by atomic mass is 9.99. The van der Waals surface area contributed by atoms with Crippen LogP contribution in [-0.2, 0) is 29.7 Å². The minimum absolute atomic E-state index is 0.126. The standard InChI is InChI=1S/C28H26N4O5S/c1-17(33)29-19-6-10-21(11-7-19)37-22-12-13-23-24(14-22)32(3)25(30-23)16-36-20-8-4-18(5-9-20)15-28(2)26(34)31-27(35)38-28/h4-14H,15-16H2,1-3H3,(H,29,33)(H,31,34,35)/t28-/m0/s1. The summed E-state index contributed by atoms with van der Waals surface area (Å²) in [6, 6.07) is 20.3. The first kappa shape index (κ1) is 25.3. The van der Waals surface area contributed by atoms with E-state index in [0.29, 0.717) is 29.4 Å². The molecule has 1 aliphatic heterocycles. The van der Waals surface area contributed by atoms with Gasteiger partial charge >= 0.3 is 0 Å². The van der Waals surface area contributed by atoms with E-state index in [4.69, 9.17) is 9.47 Å². The molecule has 4 aromatic rings. The van der Waals surface area contributed by atoms with Crippen LogP contribution in [0.3, 0.4) is 0 Å². The average Bonchev–Trinajstić information content (AvgIpc) is 3.32. The van der Waals surface area contributed by atoms with Gasteiger partial charge in [0, 0.05) is 25.7 Å². The van der Waals surface area contributed by atoms with Crippen LogP contribution in [0.1, 0.15) is 25.2 Å². The molecule has 10 heteroatoms. The second-order valence-electron chi connectivity index (χ2n) is 9.23. The van der Waals surface area contributed by atoms with Crippen LogP contribution in [0.5, 0.6) is 17.2 Å². The number of imidazole rings is 1. The molecular weight excluding hydrogens is 504 g/mol. The van der Waals surface area contributed by atoms with Gasteiger partial charge in [0.25, 0.3) is 5.24 Å². The molecule has 1 aliphatic rings. The third-order valence-electron chi connectivity index (χ3n) is 6.20. The Bertz CT molecular complexity index is 1530. The minimum atomic E-state index is -0.800. The van der Waals surface area contributed by atoms with E-state index in [1.807, 2.05) is 54.1 Å². The van der Waals surface area contributed by atoms with Crippen molar-refractivity contribution in [1.82, 2.24) is 14.9 Å². The van der Waals surface area contributed by atoms with Crippen molar-refractivity contribution < 1.29 is 23.9 Å². The Labute approximate surface area is 223 Å². The van der Waals surface area contributed by atoms with Gasteiger partial charge in [-0.15, -0.1) is 0 Å². The van der Waals surface area contributed by atoms with Crippen LogP contribution >= 0.6 is 11.8 Å². The summed E-state index contributed by atoms with van der Waals surface area (Å²) in [6.07, 6.45) is 0.449. The number of amides is 3. The summed E-state index contributed by atoms with van der Waals surface area (Å²) in [7, 11) is 1.93. The molecule has 0 bridgehead atoms. The van der Waals surface area contributed by atoms with Crippen LogP contribution in [0.15, 0.2) is 66.7 Å². The van der Waals surface area contributed by atoms with E-state index in [1.165, 1.54) is 6.92 Å². The Kier molecular flexibility index (Phi) is 6.81. The highest BCUT2D eigenvalue weighted by atomic mass is 32.2. The number of thioether (sulfide) groups is 1. The summed E-state index contributed by atoms with van der Waals surface area (Å²) in [4.78, 5) is 39.5. The van der Waals surface area contributed by atoms with Crippen molar-refractivity contribution in [3.63, 3.8) is 0 Å². The van der Waals surface area contributed by atoms with E-state index >= 15 is 0 Å². The highest BCUT2D eigenvalue weighted by Gasteiger charge is 2.43. The number of hydrogen-bond acceptors (Lipinski definition) is 7. The third kappa shape index (κ3) is 5.50. The first-order valence-corrected chi connectivity index (χ1v) is 12.8. The lowest BCUT2D eigenvalue weighted by Gasteiger charge is -2.18. The zero-order valence-corrected chi connectivity index (χ0v) is 21.9. The largest absolute Gasteiger partial charge is 0.486 e. The van der Waals surface area contributed by atoms with Crippen LogP contribution < -0.4 is 20.1 Å². The van der Waals surface area contributed by atoms with Crippen molar-refractivity contribution >= 4 is 45.5 Å². The zero-order chi connectivity index (χ0) is 26.9. The Balaban J connectivity index is 1.23. The van der Waals surface area contributed by atoms with E-state index in [1.54, 1.807) is 31.2 Å². The first-order chi connectivity index (χ1) is 18.2. The molecule has 1 saturated heterocycles. The summed E-state index contributed by atoms with van der Waals surface area (Å²) in [6.45, 7) is 3.51. The van der Waals surface area contributed by atoms with Crippen LogP contribution in [0.4, 0.5) is 10.5 Å². The molecule has 38 heavy (non-hydrogen) atoms. The summed E-state index contributed by atoms with van der Waals surface area (Å²) in [5.74, 6) is 2.37. The fraction of sp³-hybridized carbons (Fsp3) is 0.214. The molecular formula is C28H26N4O5S. The molecule has 3 amide bonds. The lowest BCUT2D eigenvalue weighted by molar-refractivity contribution is -0.121. The number of carbonyl (C=O) groups excluding carboxylic acids is 3. The fourth-order valence-electron chi connectivity index (χ4n) is 4.22. The molecule has 0 unspecified atom stereocenters. The molecule has 0 saturated carbocycles. The normalized spacial score (nSPS) is 16.9. The minimum Gasteiger partial charge on any atom is -0.486 e. The predicted molar refractivity (Wildman–Crippen MR) is 146 cm³/mol. The second kappa shape index (κ2) is 10.2. The topological polar surface area (TPSA) is 112 Å². The number of aromatic nitrogens is 2. The molecule has 5 rings (SSSR count). The number of aryl methyl sites for hydroxylation is 1. The second-order valence-corrected chi connectivity index (χ2v) is 10.7. The monoisotopic (exact) mass is 530 g/mol. The maximum atomic E-state index is 12.1. The smallest absolute Gasteiger partial charge is 0.286 e. The summed E-state index contributed by atoms with van der Waals surface area (Å²) >= 11 is 1.03. The summed E-state index contributed by atoms with van der Waals surface area (Å²) in [5, 5.41) is 4.77. The van der Waals surface area contributed by atoms with Crippen molar-refractivity contribution in [3.05, 3.63) is 78.1 Å². The number of fused-ring (bicyclic) bond motifs is 1. The highest BCUT2D eigenvalue weighted by molar-refractivity contribution is 8.16. The Morgan fingerprint density at radius 1 is 1.03 bits per heavy atom. The van der Waals surface area contributed by atoms with Gasteiger partial charge in [-0.25, -0.2) is 4.98 Å². The van der Waals surface area contributed by atoms with E-state index in [0.717, 1.165) is 34.2 Å². The van der Waals surface area contributed by atoms with Crippen molar-refractivity contribution in [2.75, 3.05) is 5.32 Å². The average molecular weight is 531 g/mol. The summed E-state index contributed by atoms with van der Waals surface area (Å²) < 4.78 is 13.1. The maximum Gasteiger partial charge on any atom is 0.286 e. The molecule has 2 N–H and O–H groups in total. The molecule has 2 heterocycles. The molecule has 0 aliphatic carbocycles. The number of nitrogens with zero attached hydrogens (tertiary/aromatic N) is 2. The van der Waals surface area contributed by atoms with Crippen molar-refractivity contribution in [3.8, 4) is 17.2 Å². The fourth-order valence-corrected chi connectivity index (χ4v) is 5.15. The molecule has 0 radical (unpaired) electrons. The number of anilines is 1. The zero-order valence-electron chi connectivity index (χ0n) is 21.1. The van der Waals surface area contributed by atoms with E-state index in [-0.39, 0.29) is 23.7 Å². The van der Waals surface area contributed by atoms with E-state index in [2.05, 4.69) is 15.6 Å². The molecule has 1 atom stereocenters. The molecule has 1 aromatic heterocycles. The van der Waals surface area contributed by atoms with Crippen LogP contribution in [0.2, 0.25) is 0 Å². The van der Waals surface area contributed by atoms with Crippen LogP contribution in [0, 0.1) is 0 Å². The third-order valence-corrected chi connectivity index (χ3v) is 7.27. The number of hydrogen-bond donors (Lipinski definition) is 2. The molecule has 0 spiro atoms. The number of ether oxygens (including phenoxy) is 2. The predicted octanol–water partition coefficient (Wildman–Crippen LogP) is 5.19. The highest BCUT2D eigenvalue weighted by Crippen LogP contribution is 2.35. The number of carbonyl (C=O) groups is 3. The van der Waals surface area contributed by atoms with Gasteiger partial charge in [0.15, 0.2) is 0 Å². The van der Waals surface area contributed by atoms with Gasteiger partial charge in [0.05, 0.1) is 11.0 Å². The SMILES string of the molecule is CC(=O)Nc1ccc(Oc2ccc3nc(COc4ccc(C[C@]5(C)SC(=O)NC5=O)cc4)n(C)c3c2)cc1. The van der Waals surface area contributed by atoms with E-state index in [9.17, 15) is 14.4 Å². The quantitative estimate of drug-likeness (QED) is 0.323. The van der Waals surface area contributed by atoms with Gasteiger partial charge in [-0.2, -0.15) is 0 Å². The van der Waals surface area contributed by atoms with Gasteiger partial charge in [0.1, 0.15) is 34.4 Å². The molecule has 194 valence electrons. The molecule has 1 fully saturated rings. The van der Waals surface area contributed by atoms with Gasteiger partial charge in [-0.3, -0.25) is 19.7 Å². The molecule has 9 nitrogen and oxygen atoms in total.